The standard InChI is InChI=1S/C25H24Cl2N2O3/c1-3-32-23-6-4-5-19(24(23)30)22-14-21(15-7-10-17(31-2)11-8-15)28-25(29-22)18-12-9-16(26)13-20(18)27/h4-13,22,25,29-30H,3,14H2,1-2H3. The van der Waals surface area contributed by atoms with Gasteiger partial charge in [0, 0.05) is 39.3 Å². The first-order chi connectivity index (χ1) is 15.5. The van der Waals surface area contributed by atoms with E-state index in [1.165, 1.54) is 0 Å². The van der Waals surface area contributed by atoms with Crippen LogP contribution in [0.4, 0.5) is 0 Å². The molecular formula is C25H24Cl2N2O3. The molecule has 32 heavy (non-hydrogen) atoms. The van der Waals surface area contributed by atoms with Gasteiger partial charge in [-0.2, -0.15) is 0 Å². The lowest BCUT2D eigenvalue weighted by Gasteiger charge is -2.31. The van der Waals surface area contributed by atoms with Crippen molar-refractivity contribution in [2.45, 2.75) is 25.6 Å². The van der Waals surface area contributed by atoms with Crippen LogP contribution in [0.5, 0.6) is 17.2 Å². The average Bonchev–Trinajstić information content (AvgIpc) is 2.80. The number of benzene rings is 3. The smallest absolute Gasteiger partial charge is 0.162 e. The number of aromatic hydroxyl groups is 1. The number of phenols is 1. The molecule has 1 heterocycles. The van der Waals surface area contributed by atoms with Crippen LogP contribution in [0.15, 0.2) is 65.7 Å². The fraction of sp³-hybridized carbons (Fsp3) is 0.240. The molecular weight excluding hydrogens is 447 g/mol. The summed E-state index contributed by atoms with van der Waals surface area (Å²) in [7, 11) is 1.64. The minimum absolute atomic E-state index is 0.129. The molecule has 4 rings (SSSR count). The molecule has 2 atom stereocenters. The molecule has 0 saturated carbocycles. The summed E-state index contributed by atoms with van der Waals surface area (Å²) in [6, 6.07) is 18.5. The highest BCUT2D eigenvalue weighted by Gasteiger charge is 2.29. The van der Waals surface area contributed by atoms with Crippen molar-refractivity contribution in [3.8, 4) is 17.2 Å². The van der Waals surface area contributed by atoms with Gasteiger partial charge in [-0.3, -0.25) is 10.3 Å². The SMILES string of the molecule is CCOc1cccc(C2CC(c3ccc(OC)cc3)=NC(c3ccc(Cl)cc3Cl)N2)c1O. The van der Waals surface area contributed by atoms with Crippen LogP contribution < -0.4 is 14.8 Å². The first-order valence-electron chi connectivity index (χ1n) is 10.4. The Bertz CT molecular complexity index is 1130. The number of nitrogens with one attached hydrogen (secondary N) is 1. The molecule has 2 N–H and O–H groups in total. The Hall–Kier alpha value is -2.73. The van der Waals surface area contributed by atoms with Gasteiger partial charge in [0.25, 0.3) is 0 Å². The van der Waals surface area contributed by atoms with Gasteiger partial charge in [-0.15, -0.1) is 0 Å². The lowest BCUT2D eigenvalue weighted by molar-refractivity contribution is 0.313. The lowest BCUT2D eigenvalue weighted by atomic mass is 9.93. The Morgan fingerprint density at radius 3 is 2.53 bits per heavy atom. The van der Waals surface area contributed by atoms with Gasteiger partial charge in [-0.25, -0.2) is 0 Å². The summed E-state index contributed by atoms with van der Waals surface area (Å²) in [6.07, 6.45) is 0.169. The van der Waals surface area contributed by atoms with E-state index in [1.807, 2.05) is 49.4 Å². The number of ether oxygens (including phenoxy) is 2. The molecule has 0 bridgehead atoms. The second-order valence-corrected chi connectivity index (χ2v) is 8.27. The van der Waals surface area contributed by atoms with E-state index in [0.29, 0.717) is 28.8 Å². The van der Waals surface area contributed by atoms with E-state index >= 15 is 0 Å². The number of hydrogen-bond acceptors (Lipinski definition) is 5. The van der Waals surface area contributed by atoms with Crippen molar-refractivity contribution in [3.05, 3.63) is 87.4 Å². The molecule has 0 aromatic heterocycles. The zero-order valence-corrected chi connectivity index (χ0v) is 19.3. The average molecular weight is 471 g/mol. The molecule has 0 amide bonds. The first kappa shape index (κ1) is 22.5. The van der Waals surface area contributed by atoms with Gasteiger partial charge in [-0.1, -0.05) is 41.4 Å². The highest BCUT2D eigenvalue weighted by molar-refractivity contribution is 6.35. The van der Waals surface area contributed by atoms with Crippen molar-refractivity contribution in [2.75, 3.05) is 13.7 Å². The van der Waals surface area contributed by atoms with Crippen LogP contribution in [0.2, 0.25) is 10.0 Å². The third-order valence-electron chi connectivity index (χ3n) is 5.43. The third-order valence-corrected chi connectivity index (χ3v) is 5.99. The molecule has 1 aliphatic heterocycles. The zero-order chi connectivity index (χ0) is 22.7. The molecule has 1 aliphatic rings. The summed E-state index contributed by atoms with van der Waals surface area (Å²) in [4.78, 5) is 4.96. The van der Waals surface area contributed by atoms with Crippen molar-refractivity contribution in [3.63, 3.8) is 0 Å². The predicted octanol–water partition coefficient (Wildman–Crippen LogP) is 6.33. The Labute approximate surface area is 197 Å². The van der Waals surface area contributed by atoms with Crippen molar-refractivity contribution < 1.29 is 14.6 Å². The number of phenolic OH excluding ortho intramolecular Hbond substituents is 1. The molecule has 5 nitrogen and oxygen atoms in total. The summed E-state index contributed by atoms with van der Waals surface area (Å²) in [5.74, 6) is 1.37. The maximum atomic E-state index is 10.9. The lowest BCUT2D eigenvalue weighted by Crippen LogP contribution is -2.33. The summed E-state index contributed by atoms with van der Waals surface area (Å²) in [5.41, 5.74) is 3.43. The van der Waals surface area contributed by atoms with Gasteiger partial charge in [-0.05, 0) is 55.0 Å². The van der Waals surface area contributed by atoms with Crippen LogP contribution in [0.1, 0.15) is 42.2 Å². The van der Waals surface area contributed by atoms with E-state index in [-0.39, 0.29) is 11.8 Å². The fourth-order valence-corrected chi connectivity index (χ4v) is 4.35. The monoisotopic (exact) mass is 470 g/mol. The maximum absolute atomic E-state index is 10.9. The number of halogens is 2. The Morgan fingerprint density at radius 1 is 1.06 bits per heavy atom. The largest absolute Gasteiger partial charge is 0.504 e. The van der Waals surface area contributed by atoms with E-state index < -0.39 is 6.17 Å². The number of rotatable bonds is 6. The van der Waals surface area contributed by atoms with E-state index in [9.17, 15) is 5.11 Å². The summed E-state index contributed by atoms with van der Waals surface area (Å²) in [6.45, 7) is 2.36. The summed E-state index contributed by atoms with van der Waals surface area (Å²) in [5, 5.41) is 15.5. The Morgan fingerprint density at radius 2 is 1.84 bits per heavy atom. The second-order valence-electron chi connectivity index (χ2n) is 7.42. The van der Waals surface area contributed by atoms with Crippen molar-refractivity contribution in [2.24, 2.45) is 4.99 Å². The molecule has 0 saturated heterocycles. The van der Waals surface area contributed by atoms with Crippen molar-refractivity contribution >= 4 is 28.9 Å². The van der Waals surface area contributed by atoms with Crippen LogP contribution in [-0.4, -0.2) is 24.5 Å². The summed E-state index contributed by atoms with van der Waals surface area (Å²) >= 11 is 12.6. The molecule has 3 aromatic carbocycles. The van der Waals surface area contributed by atoms with Crippen LogP contribution in [-0.2, 0) is 0 Å². The minimum atomic E-state index is -0.411. The van der Waals surface area contributed by atoms with Crippen LogP contribution >= 0.6 is 23.2 Å². The van der Waals surface area contributed by atoms with Gasteiger partial charge >= 0.3 is 0 Å². The van der Waals surface area contributed by atoms with Crippen LogP contribution in [0.3, 0.4) is 0 Å². The van der Waals surface area contributed by atoms with Crippen molar-refractivity contribution in [1.82, 2.24) is 5.32 Å². The molecule has 0 fully saturated rings. The zero-order valence-electron chi connectivity index (χ0n) is 17.8. The molecule has 166 valence electrons. The molecule has 2 unspecified atom stereocenters. The fourth-order valence-electron chi connectivity index (χ4n) is 3.84. The number of nitrogens with zero attached hydrogens (tertiary/aromatic N) is 1. The quantitative estimate of drug-likeness (QED) is 0.441. The summed E-state index contributed by atoms with van der Waals surface area (Å²) < 4.78 is 10.9. The van der Waals surface area contributed by atoms with Gasteiger partial charge in [0.15, 0.2) is 11.5 Å². The minimum Gasteiger partial charge on any atom is -0.504 e. The van der Waals surface area contributed by atoms with Gasteiger partial charge in [0.2, 0.25) is 0 Å². The highest BCUT2D eigenvalue weighted by Crippen LogP contribution is 2.40. The molecule has 7 heteroatoms. The molecule has 0 radical (unpaired) electrons. The van der Waals surface area contributed by atoms with Gasteiger partial charge in [0.05, 0.1) is 13.7 Å². The van der Waals surface area contributed by atoms with Crippen molar-refractivity contribution in [1.29, 1.82) is 0 Å². The van der Waals surface area contributed by atoms with Gasteiger partial charge < -0.3 is 14.6 Å². The van der Waals surface area contributed by atoms with Crippen LogP contribution in [0.25, 0.3) is 0 Å². The normalized spacial score (nSPS) is 18.2. The maximum Gasteiger partial charge on any atom is 0.162 e. The van der Waals surface area contributed by atoms with E-state index in [0.717, 1.165) is 28.2 Å². The topological polar surface area (TPSA) is 63.1 Å². The number of para-hydroxylation sites is 1. The molecule has 0 aliphatic carbocycles. The number of hydrogen-bond donors (Lipinski definition) is 2. The Balaban J connectivity index is 1.77. The first-order valence-corrected chi connectivity index (χ1v) is 11.1. The van der Waals surface area contributed by atoms with Crippen LogP contribution in [0, 0.1) is 0 Å². The number of methoxy groups -OCH3 is 1. The number of aliphatic imine (C=N–C) groups is 1. The highest BCUT2D eigenvalue weighted by atomic mass is 35.5. The van der Waals surface area contributed by atoms with Gasteiger partial charge in [0.1, 0.15) is 11.9 Å². The van der Waals surface area contributed by atoms with E-state index in [4.69, 9.17) is 37.7 Å². The predicted molar refractivity (Wildman–Crippen MR) is 129 cm³/mol. The third kappa shape index (κ3) is 4.70. The molecule has 0 spiro atoms. The van der Waals surface area contributed by atoms with E-state index in [2.05, 4.69) is 5.32 Å². The molecule has 3 aromatic rings. The second kappa shape index (κ2) is 9.82. The van der Waals surface area contributed by atoms with E-state index in [1.54, 1.807) is 25.3 Å². The Kier molecular flexibility index (Phi) is 6.89.